The molecule has 0 saturated heterocycles. The average Bonchev–Trinajstić information content (AvgIpc) is 2.88. The molecule has 88 valence electrons. The molecule has 0 aliphatic carbocycles. The van der Waals surface area contributed by atoms with Gasteiger partial charge in [-0.15, -0.1) is 11.3 Å². The van der Waals surface area contributed by atoms with E-state index in [9.17, 15) is 0 Å². The number of anilines is 2. The molecule has 0 atom stereocenters. The smallest absolute Gasteiger partial charge is 0.0931 e. The van der Waals surface area contributed by atoms with Crippen molar-refractivity contribution in [3.63, 3.8) is 0 Å². The van der Waals surface area contributed by atoms with E-state index in [1.165, 1.54) is 16.1 Å². The van der Waals surface area contributed by atoms with Crippen molar-refractivity contribution in [2.45, 2.75) is 13.0 Å². The lowest BCUT2D eigenvalue weighted by atomic mass is 10.1. The third kappa shape index (κ3) is 2.01. The Balaban J connectivity index is 1.89. The summed E-state index contributed by atoms with van der Waals surface area (Å²) in [5.74, 6) is 0. The topological polar surface area (TPSA) is 29.3 Å². The molecule has 2 nitrogen and oxygen atoms in total. The van der Waals surface area contributed by atoms with E-state index < -0.39 is 0 Å². The number of nitrogen functional groups attached to an aromatic ring is 1. The Morgan fingerprint density at radius 1 is 1.29 bits per heavy atom. The molecule has 3 rings (SSSR count). The van der Waals surface area contributed by atoms with Gasteiger partial charge >= 0.3 is 0 Å². The zero-order chi connectivity index (χ0) is 11.8. The maximum Gasteiger partial charge on any atom is 0.0931 e. The molecule has 2 N–H and O–H groups in total. The number of hydrogen-bond acceptors (Lipinski definition) is 3. The molecule has 17 heavy (non-hydrogen) atoms. The molecule has 2 heterocycles. The van der Waals surface area contributed by atoms with Gasteiger partial charge in [-0.05, 0) is 30.2 Å². The van der Waals surface area contributed by atoms with Crippen LogP contribution in [-0.4, -0.2) is 6.54 Å². The first-order valence-corrected chi connectivity index (χ1v) is 6.80. The normalized spacial score (nSPS) is 14.1. The van der Waals surface area contributed by atoms with Crippen LogP contribution in [0, 0.1) is 0 Å². The molecule has 2 aromatic rings. The van der Waals surface area contributed by atoms with Crippen molar-refractivity contribution in [3.05, 3.63) is 45.1 Å². The largest absolute Gasteiger partial charge is 0.397 e. The van der Waals surface area contributed by atoms with Gasteiger partial charge in [0, 0.05) is 11.4 Å². The molecular formula is C13H13ClN2S. The summed E-state index contributed by atoms with van der Waals surface area (Å²) < 4.78 is 0.848. The Bertz CT molecular complexity index is 550. The van der Waals surface area contributed by atoms with Crippen molar-refractivity contribution in [1.82, 2.24) is 0 Å². The lowest BCUT2D eigenvalue weighted by Crippen LogP contribution is -2.19. The fourth-order valence-corrected chi connectivity index (χ4v) is 3.45. The Morgan fingerprint density at radius 2 is 2.18 bits per heavy atom. The summed E-state index contributed by atoms with van der Waals surface area (Å²) in [4.78, 5) is 3.62. The lowest BCUT2D eigenvalue weighted by molar-refractivity contribution is 0.847. The van der Waals surface area contributed by atoms with Crippen LogP contribution in [0.5, 0.6) is 0 Å². The van der Waals surface area contributed by atoms with Gasteiger partial charge in [-0.2, -0.15) is 0 Å². The molecule has 4 heteroatoms. The van der Waals surface area contributed by atoms with Crippen molar-refractivity contribution in [1.29, 1.82) is 0 Å². The monoisotopic (exact) mass is 264 g/mol. The summed E-state index contributed by atoms with van der Waals surface area (Å²) in [5, 5.41) is 0. The molecule has 0 amide bonds. The van der Waals surface area contributed by atoms with E-state index in [1.54, 1.807) is 11.3 Å². The summed E-state index contributed by atoms with van der Waals surface area (Å²) in [6.45, 7) is 1.94. The first-order chi connectivity index (χ1) is 8.24. The molecular weight excluding hydrogens is 252 g/mol. The van der Waals surface area contributed by atoms with E-state index in [-0.39, 0.29) is 0 Å². The molecule has 0 radical (unpaired) electrons. The molecule has 1 aromatic heterocycles. The predicted octanol–water partition coefficient (Wildman–Crippen LogP) is 3.55. The minimum Gasteiger partial charge on any atom is -0.397 e. The van der Waals surface area contributed by atoms with Crippen molar-refractivity contribution in [3.8, 4) is 0 Å². The van der Waals surface area contributed by atoms with E-state index in [4.69, 9.17) is 17.3 Å². The molecule has 0 fully saturated rings. The average molecular weight is 265 g/mol. The third-order valence-corrected chi connectivity index (χ3v) is 4.31. The van der Waals surface area contributed by atoms with Crippen LogP contribution in [0.3, 0.4) is 0 Å². The second kappa shape index (κ2) is 4.24. The standard InChI is InChI=1S/C13H13ClN2S/c14-12-5-4-10(17-12)8-16-7-6-9-2-1-3-11(15)13(9)16/h1-5H,6-8,15H2. The van der Waals surface area contributed by atoms with Crippen LogP contribution in [0.1, 0.15) is 10.4 Å². The van der Waals surface area contributed by atoms with Gasteiger partial charge in [0.05, 0.1) is 22.3 Å². The van der Waals surface area contributed by atoms with Crippen LogP contribution in [0.15, 0.2) is 30.3 Å². The highest BCUT2D eigenvalue weighted by Gasteiger charge is 2.21. The Morgan fingerprint density at radius 3 is 2.94 bits per heavy atom. The van der Waals surface area contributed by atoms with Gasteiger partial charge < -0.3 is 10.6 Å². The Hall–Kier alpha value is -1.19. The highest BCUT2D eigenvalue weighted by molar-refractivity contribution is 7.16. The quantitative estimate of drug-likeness (QED) is 0.841. The van der Waals surface area contributed by atoms with Crippen LogP contribution in [0.4, 0.5) is 11.4 Å². The number of benzene rings is 1. The predicted molar refractivity (Wildman–Crippen MR) is 74.9 cm³/mol. The second-order valence-corrected chi connectivity index (χ2v) is 6.03. The molecule has 0 saturated carbocycles. The van der Waals surface area contributed by atoms with Crippen molar-refractivity contribution in [2.75, 3.05) is 17.2 Å². The third-order valence-electron chi connectivity index (χ3n) is 3.09. The maximum absolute atomic E-state index is 6.06. The molecule has 1 aromatic carbocycles. The van der Waals surface area contributed by atoms with Gasteiger partial charge in [-0.25, -0.2) is 0 Å². The van der Waals surface area contributed by atoms with E-state index >= 15 is 0 Å². The van der Waals surface area contributed by atoms with Crippen LogP contribution < -0.4 is 10.6 Å². The molecule has 0 unspecified atom stereocenters. The number of rotatable bonds is 2. The van der Waals surface area contributed by atoms with Crippen molar-refractivity contribution >= 4 is 34.3 Å². The zero-order valence-corrected chi connectivity index (χ0v) is 10.9. The molecule has 0 bridgehead atoms. The number of para-hydroxylation sites is 1. The van der Waals surface area contributed by atoms with Gasteiger partial charge in [0.15, 0.2) is 0 Å². The number of hydrogen-bond donors (Lipinski definition) is 1. The SMILES string of the molecule is Nc1cccc2c1N(Cc1ccc(Cl)s1)CC2. The van der Waals surface area contributed by atoms with E-state index in [0.717, 1.165) is 29.5 Å². The minimum atomic E-state index is 0.848. The number of nitrogens with zero attached hydrogens (tertiary/aromatic N) is 1. The summed E-state index contributed by atoms with van der Waals surface area (Å²) in [7, 11) is 0. The number of nitrogens with two attached hydrogens (primary N) is 1. The van der Waals surface area contributed by atoms with Crippen molar-refractivity contribution in [2.24, 2.45) is 0 Å². The van der Waals surface area contributed by atoms with Crippen LogP contribution in [0.25, 0.3) is 0 Å². The number of thiophene rings is 1. The van der Waals surface area contributed by atoms with Crippen LogP contribution >= 0.6 is 22.9 Å². The first-order valence-electron chi connectivity index (χ1n) is 5.60. The second-order valence-electron chi connectivity index (χ2n) is 4.23. The van der Waals surface area contributed by atoms with Gasteiger partial charge in [0.1, 0.15) is 0 Å². The first kappa shape index (κ1) is 10.9. The van der Waals surface area contributed by atoms with Crippen LogP contribution in [0.2, 0.25) is 4.34 Å². The highest BCUT2D eigenvalue weighted by Crippen LogP contribution is 2.35. The van der Waals surface area contributed by atoms with E-state index in [2.05, 4.69) is 17.0 Å². The van der Waals surface area contributed by atoms with Gasteiger partial charge in [-0.3, -0.25) is 0 Å². The maximum atomic E-state index is 6.06. The van der Waals surface area contributed by atoms with Crippen molar-refractivity contribution < 1.29 is 0 Å². The lowest BCUT2D eigenvalue weighted by Gasteiger charge is -2.20. The fraction of sp³-hybridized carbons (Fsp3) is 0.231. The van der Waals surface area contributed by atoms with E-state index in [0.29, 0.717) is 0 Å². The summed E-state index contributed by atoms with van der Waals surface area (Å²) in [6, 6.07) is 10.2. The fourth-order valence-electron chi connectivity index (χ4n) is 2.35. The molecule has 0 spiro atoms. The number of halogens is 1. The van der Waals surface area contributed by atoms with Gasteiger partial charge in [-0.1, -0.05) is 23.7 Å². The minimum absolute atomic E-state index is 0.848. The Kier molecular flexibility index (Phi) is 2.73. The summed E-state index contributed by atoms with van der Waals surface area (Å²) in [6.07, 6.45) is 1.08. The molecule has 1 aliphatic heterocycles. The van der Waals surface area contributed by atoms with E-state index in [1.807, 2.05) is 18.2 Å². The zero-order valence-electron chi connectivity index (χ0n) is 9.32. The highest BCUT2D eigenvalue weighted by atomic mass is 35.5. The molecule has 1 aliphatic rings. The summed E-state index contributed by atoms with van der Waals surface area (Å²) in [5.41, 5.74) is 9.49. The van der Waals surface area contributed by atoms with Gasteiger partial charge in [0.2, 0.25) is 0 Å². The summed E-state index contributed by atoms with van der Waals surface area (Å²) >= 11 is 7.59. The number of fused-ring (bicyclic) bond motifs is 1. The van der Waals surface area contributed by atoms with Gasteiger partial charge in [0.25, 0.3) is 0 Å². The Labute approximate surface area is 110 Å². The van der Waals surface area contributed by atoms with Crippen LogP contribution in [-0.2, 0) is 13.0 Å².